The lowest BCUT2D eigenvalue weighted by Gasteiger charge is -2.07. The molecule has 0 spiro atoms. The number of hydrogen-bond donors (Lipinski definition) is 1. The monoisotopic (exact) mass is 482 g/mol. The van der Waals surface area contributed by atoms with Gasteiger partial charge < -0.3 is 9.84 Å². The molecule has 0 bridgehead atoms. The lowest BCUT2D eigenvalue weighted by Crippen LogP contribution is -2.10. The maximum Gasteiger partial charge on any atom is 0.339 e. The number of benzene rings is 1. The number of allylic oxidation sites excluding steroid dienone is 12. The second-order valence-corrected chi connectivity index (χ2v) is 7.81. The van der Waals surface area contributed by atoms with Gasteiger partial charge >= 0.3 is 11.9 Å². The largest absolute Gasteiger partial charge is 0.478 e. The Bertz CT molecular complexity index is 920. The molecule has 0 atom stereocenters. The summed E-state index contributed by atoms with van der Waals surface area (Å²) in [4.78, 5) is 23.2. The molecule has 4 nitrogen and oxygen atoms in total. The molecule has 0 heterocycles. The zero-order valence-corrected chi connectivity index (χ0v) is 20.6. The van der Waals surface area contributed by atoms with Crippen molar-refractivity contribution in [3.8, 4) is 5.75 Å². The Kier molecular flexibility index (Phi) is 16.5. The summed E-state index contributed by atoms with van der Waals surface area (Å²) in [6.07, 6.45) is 31.9. The smallest absolute Gasteiger partial charge is 0.339 e. The Morgan fingerprint density at radius 3 is 1.74 bits per heavy atom. The zero-order chi connectivity index (χ0) is 24.9. The third kappa shape index (κ3) is 14.9. The number of carbonyl (C=O) groups is 2. The minimum atomic E-state index is -1.19. The van der Waals surface area contributed by atoms with Gasteiger partial charge in [-0.25, -0.2) is 4.79 Å². The SMILES string of the molecule is CCC=CCC=CCC=CCC=CCC=CCC=CCCC(=O)Oc1ccc(Cl)cc1C(=O)O. The van der Waals surface area contributed by atoms with Gasteiger partial charge in [-0.2, -0.15) is 0 Å². The second-order valence-electron chi connectivity index (χ2n) is 7.37. The summed E-state index contributed by atoms with van der Waals surface area (Å²) in [7, 11) is 0. The molecule has 1 N–H and O–H groups in total. The van der Waals surface area contributed by atoms with Crippen molar-refractivity contribution in [1.29, 1.82) is 0 Å². The van der Waals surface area contributed by atoms with E-state index in [0.29, 0.717) is 6.42 Å². The Labute approximate surface area is 208 Å². The van der Waals surface area contributed by atoms with Crippen LogP contribution in [0.25, 0.3) is 0 Å². The van der Waals surface area contributed by atoms with Gasteiger partial charge in [-0.1, -0.05) is 91.4 Å². The molecule has 0 radical (unpaired) electrons. The van der Waals surface area contributed by atoms with E-state index in [2.05, 4.69) is 67.7 Å². The number of aromatic carboxylic acids is 1. The van der Waals surface area contributed by atoms with Crippen LogP contribution in [0.1, 0.15) is 68.6 Å². The number of hydrogen-bond acceptors (Lipinski definition) is 3. The van der Waals surface area contributed by atoms with Crippen molar-refractivity contribution in [3.05, 3.63) is 102 Å². The Morgan fingerprint density at radius 2 is 1.26 bits per heavy atom. The number of carboxylic acid groups (broad SMARTS) is 1. The third-order valence-corrected chi connectivity index (χ3v) is 4.74. The van der Waals surface area contributed by atoms with Gasteiger partial charge in [0, 0.05) is 11.4 Å². The number of ether oxygens (including phenoxy) is 1. The van der Waals surface area contributed by atoms with Crippen molar-refractivity contribution >= 4 is 23.5 Å². The zero-order valence-electron chi connectivity index (χ0n) is 19.9. The molecule has 0 saturated carbocycles. The van der Waals surface area contributed by atoms with Crippen LogP contribution in [0.4, 0.5) is 0 Å². The number of halogens is 1. The molecule has 0 aliphatic carbocycles. The van der Waals surface area contributed by atoms with Crippen molar-refractivity contribution in [2.75, 3.05) is 0 Å². The Hall–Kier alpha value is -3.11. The fourth-order valence-corrected chi connectivity index (χ4v) is 2.94. The third-order valence-electron chi connectivity index (χ3n) is 4.51. The number of rotatable bonds is 16. The Balaban J connectivity index is 2.13. The summed E-state index contributed by atoms with van der Waals surface area (Å²) in [6, 6.07) is 4.14. The fourth-order valence-electron chi connectivity index (χ4n) is 2.77. The highest BCUT2D eigenvalue weighted by molar-refractivity contribution is 6.31. The van der Waals surface area contributed by atoms with Crippen LogP contribution in [0, 0.1) is 0 Å². The Morgan fingerprint density at radius 1 is 0.794 bits per heavy atom. The van der Waals surface area contributed by atoms with Gasteiger partial charge in [0.2, 0.25) is 0 Å². The molecule has 0 aliphatic rings. The van der Waals surface area contributed by atoms with Gasteiger partial charge in [0.05, 0.1) is 0 Å². The molecule has 0 saturated heterocycles. The van der Waals surface area contributed by atoms with Crippen LogP contribution in [0.5, 0.6) is 5.75 Å². The first-order valence-electron chi connectivity index (χ1n) is 11.7. The highest BCUT2D eigenvalue weighted by Gasteiger charge is 2.14. The van der Waals surface area contributed by atoms with E-state index in [-0.39, 0.29) is 22.8 Å². The molecule has 0 fully saturated rings. The van der Waals surface area contributed by atoms with Crippen LogP contribution in [0.3, 0.4) is 0 Å². The molecule has 1 aromatic carbocycles. The van der Waals surface area contributed by atoms with Gasteiger partial charge in [0.25, 0.3) is 0 Å². The quantitative estimate of drug-likeness (QED) is 0.146. The molecule has 34 heavy (non-hydrogen) atoms. The van der Waals surface area contributed by atoms with Gasteiger partial charge in [0.15, 0.2) is 0 Å². The number of esters is 1. The molecule has 0 aromatic heterocycles. The number of carboxylic acids is 1. The van der Waals surface area contributed by atoms with Gasteiger partial charge in [-0.3, -0.25) is 4.79 Å². The van der Waals surface area contributed by atoms with E-state index in [1.54, 1.807) is 0 Å². The molecule has 0 aliphatic heterocycles. The first-order valence-corrected chi connectivity index (χ1v) is 12.1. The van der Waals surface area contributed by atoms with E-state index in [4.69, 9.17) is 21.4 Å². The highest BCUT2D eigenvalue weighted by Crippen LogP contribution is 2.23. The number of carbonyl (C=O) groups excluding carboxylic acids is 1. The standard InChI is InChI=1S/C29H35ClO4/c1-2-3-4-5-6-7-8-9-10-11-12-13-14-15-16-17-18-19-20-21-28(31)34-27-23-22-25(30)24-26(27)29(32)33/h3-4,6-7,9-10,12-13,15-16,18-19,22-24H,2,5,8,11,14,17,20-21H2,1H3,(H,32,33). The maximum atomic E-state index is 11.9. The van der Waals surface area contributed by atoms with Crippen LogP contribution in [-0.2, 0) is 4.79 Å². The molecular weight excluding hydrogens is 448 g/mol. The molecular formula is C29H35ClO4. The minimum absolute atomic E-state index is 0.00432. The first-order chi connectivity index (χ1) is 16.5. The molecule has 1 aromatic rings. The van der Waals surface area contributed by atoms with Crippen molar-refractivity contribution in [3.63, 3.8) is 0 Å². The van der Waals surface area contributed by atoms with Crippen molar-refractivity contribution in [1.82, 2.24) is 0 Å². The average molecular weight is 483 g/mol. The molecule has 5 heteroatoms. The first kappa shape index (κ1) is 28.9. The van der Waals surface area contributed by atoms with E-state index in [1.807, 2.05) is 12.2 Å². The van der Waals surface area contributed by atoms with Crippen LogP contribution < -0.4 is 4.74 Å². The van der Waals surface area contributed by atoms with E-state index >= 15 is 0 Å². The van der Waals surface area contributed by atoms with Gasteiger partial charge in [-0.15, -0.1) is 0 Å². The van der Waals surface area contributed by atoms with Crippen LogP contribution in [-0.4, -0.2) is 17.0 Å². The topological polar surface area (TPSA) is 63.6 Å². The summed E-state index contributed by atoms with van der Waals surface area (Å²) in [5.74, 6) is -1.67. The predicted octanol–water partition coefficient (Wildman–Crippen LogP) is 8.42. The summed E-state index contributed by atoms with van der Waals surface area (Å²) < 4.78 is 5.15. The van der Waals surface area contributed by atoms with Crippen molar-refractivity contribution in [2.45, 2.75) is 58.3 Å². The molecule has 182 valence electrons. The molecule has 1 rings (SSSR count). The summed E-state index contributed by atoms with van der Waals surface area (Å²) in [5, 5.41) is 9.44. The summed E-state index contributed by atoms with van der Waals surface area (Å²) in [5.41, 5.74) is -0.130. The normalized spacial score (nSPS) is 12.4. The maximum absolute atomic E-state index is 11.9. The minimum Gasteiger partial charge on any atom is -0.478 e. The fraction of sp³-hybridized carbons (Fsp3) is 0.310. The average Bonchev–Trinajstić information content (AvgIpc) is 2.81. The molecule has 0 unspecified atom stereocenters. The van der Waals surface area contributed by atoms with E-state index in [9.17, 15) is 9.59 Å². The van der Waals surface area contributed by atoms with E-state index in [1.165, 1.54) is 18.2 Å². The van der Waals surface area contributed by atoms with Crippen LogP contribution in [0.2, 0.25) is 5.02 Å². The van der Waals surface area contributed by atoms with Crippen molar-refractivity contribution in [2.24, 2.45) is 0 Å². The van der Waals surface area contributed by atoms with Gasteiger partial charge in [-0.05, 0) is 63.1 Å². The van der Waals surface area contributed by atoms with E-state index < -0.39 is 11.9 Å². The molecule has 0 amide bonds. The van der Waals surface area contributed by atoms with Gasteiger partial charge in [0.1, 0.15) is 11.3 Å². The second kappa shape index (κ2) is 19.4. The predicted molar refractivity (Wildman–Crippen MR) is 141 cm³/mol. The lowest BCUT2D eigenvalue weighted by molar-refractivity contribution is -0.134. The van der Waals surface area contributed by atoms with Crippen LogP contribution in [0.15, 0.2) is 91.1 Å². The summed E-state index contributed by atoms with van der Waals surface area (Å²) in [6.45, 7) is 2.14. The van der Waals surface area contributed by atoms with Crippen molar-refractivity contribution < 1.29 is 19.4 Å². The summed E-state index contributed by atoms with van der Waals surface area (Å²) >= 11 is 5.79. The lowest BCUT2D eigenvalue weighted by atomic mass is 10.2. The van der Waals surface area contributed by atoms with E-state index in [0.717, 1.165) is 38.5 Å². The highest BCUT2D eigenvalue weighted by atomic mass is 35.5. The van der Waals surface area contributed by atoms with Crippen LogP contribution >= 0.6 is 11.6 Å².